The molecule has 1 heterocycles. The number of nitrogens with zero attached hydrogens (tertiary/aromatic N) is 2. The van der Waals surface area contributed by atoms with Gasteiger partial charge in [0.25, 0.3) is 5.91 Å². The van der Waals surface area contributed by atoms with Crippen molar-refractivity contribution in [3.8, 4) is 0 Å². The molecular weight excluding hydrogens is 343 g/mol. The van der Waals surface area contributed by atoms with E-state index in [9.17, 15) is 9.18 Å². The summed E-state index contributed by atoms with van der Waals surface area (Å²) in [6, 6.07) is 17.7. The largest absolute Gasteiger partial charge is 0.378 e. The Hall–Kier alpha value is -3.41. The topological polar surface area (TPSA) is 57.3 Å². The van der Waals surface area contributed by atoms with Gasteiger partial charge in [-0.1, -0.05) is 18.2 Å². The number of carbonyl (C=O) groups excluding carboxylic acids is 1. The zero-order valence-electron chi connectivity index (χ0n) is 15.2. The summed E-state index contributed by atoms with van der Waals surface area (Å²) in [6.45, 7) is 0.108. The van der Waals surface area contributed by atoms with Crippen LogP contribution in [0.15, 0.2) is 66.9 Å². The lowest BCUT2D eigenvalue weighted by Gasteiger charge is -2.13. The summed E-state index contributed by atoms with van der Waals surface area (Å²) in [5, 5.41) is 5.94. The van der Waals surface area contributed by atoms with Gasteiger partial charge < -0.3 is 15.5 Å². The maximum Gasteiger partial charge on any atom is 0.270 e. The van der Waals surface area contributed by atoms with Crippen LogP contribution in [0.1, 0.15) is 16.1 Å². The monoisotopic (exact) mass is 364 g/mol. The number of pyridine rings is 1. The molecule has 0 unspecified atom stereocenters. The van der Waals surface area contributed by atoms with Crippen LogP contribution in [0.4, 0.5) is 21.5 Å². The first kappa shape index (κ1) is 18.4. The average molecular weight is 364 g/mol. The van der Waals surface area contributed by atoms with Crippen molar-refractivity contribution >= 4 is 23.0 Å². The summed E-state index contributed by atoms with van der Waals surface area (Å²) in [6.07, 6.45) is 1.56. The molecule has 0 aliphatic rings. The molecule has 3 rings (SSSR count). The van der Waals surface area contributed by atoms with E-state index in [4.69, 9.17) is 0 Å². The first-order valence-electron chi connectivity index (χ1n) is 8.55. The van der Waals surface area contributed by atoms with Crippen LogP contribution in [0.5, 0.6) is 0 Å². The Balaban J connectivity index is 1.65. The minimum Gasteiger partial charge on any atom is -0.378 e. The molecule has 3 aromatic rings. The lowest BCUT2D eigenvalue weighted by atomic mass is 10.2. The highest BCUT2D eigenvalue weighted by Crippen LogP contribution is 2.20. The van der Waals surface area contributed by atoms with E-state index in [0.29, 0.717) is 5.56 Å². The summed E-state index contributed by atoms with van der Waals surface area (Å²) >= 11 is 0. The number of hydrogen-bond acceptors (Lipinski definition) is 4. The van der Waals surface area contributed by atoms with Crippen molar-refractivity contribution in [1.82, 2.24) is 10.3 Å². The van der Waals surface area contributed by atoms with E-state index in [1.165, 1.54) is 6.07 Å². The van der Waals surface area contributed by atoms with Crippen LogP contribution in [-0.2, 0) is 6.54 Å². The third-order valence-electron chi connectivity index (χ3n) is 4.06. The van der Waals surface area contributed by atoms with Gasteiger partial charge in [-0.05, 0) is 42.5 Å². The first-order chi connectivity index (χ1) is 13.0. The number of nitrogens with one attached hydrogen (secondary N) is 2. The van der Waals surface area contributed by atoms with Gasteiger partial charge in [-0.25, -0.2) is 4.39 Å². The minimum atomic E-state index is -0.357. The van der Waals surface area contributed by atoms with Crippen molar-refractivity contribution in [2.75, 3.05) is 24.3 Å². The molecule has 1 amide bonds. The minimum absolute atomic E-state index is 0.108. The van der Waals surface area contributed by atoms with E-state index < -0.39 is 0 Å². The van der Waals surface area contributed by atoms with Crippen LogP contribution < -0.4 is 15.5 Å². The van der Waals surface area contributed by atoms with Crippen molar-refractivity contribution in [1.29, 1.82) is 0 Å². The Bertz CT molecular complexity index is 925. The van der Waals surface area contributed by atoms with Gasteiger partial charge in [0.05, 0.1) is 0 Å². The molecule has 0 bridgehead atoms. The highest BCUT2D eigenvalue weighted by Gasteiger charge is 2.09. The maximum absolute atomic E-state index is 13.6. The molecule has 0 fully saturated rings. The van der Waals surface area contributed by atoms with Crippen molar-refractivity contribution in [3.05, 3.63) is 83.9 Å². The SMILES string of the molecule is CN(C)c1ccc(Nc2ccnc(C(=O)NCc3ccccc3F)c2)cc1. The van der Waals surface area contributed by atoms with Gasteiger partial charge in [0.15, 0.2) is 0 Å². The lowest BCUT2D eigenvalue weighted by Crippen LogP contribution is -2.24. The Morgan fingerprint density at radius 3 is 2.48 bits per heavy atom. The molecule has 138 valence electrons. The number of anilines is 3. The Labute approximate surface area is 157 Å². The molecule has 1 aromatic heterocycles. The molecule has 0 saturated carbocycles. The van der Waals surface area contributed by atoms with Crippen molar-refractivity contribution in [2.45, 2.75) is 6.54 Å². The molecule has 0 spiro atoms. The number of hydrogen-bond donors (Lipinski definition) is 2. The van der Waals surface area contributed by atoms with Crippen LogP contribution >= 0.6 is 0 Å². The van der Waals surface area contributed by atoms with Crippen LogP contribution in [0, 0.1) is 5.82 Å². The predicted molar refractivity (Wildman–Crippen MR) is 106 cm³/mol. The van der Waals surface area contributed by atoms with Gasteiger partial charge >= 0.3 is 0 Å². The van der Waals surface area contributed by atoms with Crippen molar-refractivity contribution in [3.63, 3.8) is 0 Å². The summed E-state index contributed by atoms with van der Waals surface area (Å²) in [5.41, 5.74) is 3.45. The first-order valence-corrected chi connectivity index (χ1v) is 8.55. The van der Waals surface area contributed by atoms with Crippen LogP contribution in [0.3, 0.4) is 0 Å². The molecule has 0 atom stereocenters. The number of carbonyl (C=O) groups is 1. The molecule has 0 saturated heterocycles. The summed E-state index contributed by atoms with van der Waals surface area (Å²) in [7, 11) is 3.97. The number of rotatable bonds is 6. The Morgan fingerprint density at radius 1 is 1.04 bits per heavy atom. The third-order valence-corrected chi connectivity index (χ3v) is 4.06. The predicted octanol–water partition coefficient (Wildman–Crippen LogP) is 3.96. The van der Waals surface area contributed by atoms with Crippen LogP contribution in [0.25, 0.3) is 0 Å². The highest BCUT2D eigenvalue weighted by atomic mass is 19.1. The van der Waals surface area contributed by atoms with Crippen molar-refractivity contribution < 1.29 is 9.18 Å². The van der Waals surface area contributed by atoms with E-state index in [1.54, 1.807) is 36.5 Å². The van der Waals surface area contributed by atoms with Gasteiger partial charge in [0.1, 0.15) is 11.5 Å². The fourth-order valence-corrected chi connectivity index (χ4v) is 2.55. The van der Waals surface area contributed by atoms with Crippen molar-refractivity contribution in [2.24, 2.45) is 0 Å². The van der Waals surface area contributed by atoms with E-state index in [2.05, 4.69) is 15.6 Å². The molecule has 2 N–H and O–H groups in total. The smallest absolute Gasteiger partial charge is 0.270 e. The van der Waals surface area contributed by atoms with E-state index in [-0.39, 0.29) is 24.0 Å². The van der Waals surface area contributed by atoms with Gasteiger partial charge in [-0.2, -0.15) is 0 Å². The second-order valence-corrected chi connectivity index (χ2v) is 6.27. The number of halogens is 1. The lowest BCUT2D eigenvalue weighted by molar-refractivity contribution is 0.0945. The van der Waals surface area contributed by atoms with E-state index >= 15 is 0 Å². The Morgan fingerprint density at radius 2 is 1.78 bits per heavy atom. The molecule has 0 aliphatic heterocycles. The molecule has 2 aromatic carbocycles. The standard InChI is InChI=1S/C21H21FN4O/c1-26(2)18-9-7-16(8-10-18)25-17-11-12-23-20(13-17)21(27)24-14-15-5-3-4-6-19(15)22/h3-13H,14H2,1-2H3,(H,23,25)(H,24,27). The molecule has 27 heavy (non-hydrogen) atoms. The maximum atomic E-state index is 13.6. The zero-order valence-corrected chi connectivity index (χ0v) is 15.2. The quantitative estimate of drug-likeness (QED) is 0.695. The normalized spacial score (nSPS) is 10.3. The highest BCUT2D eigenvalue weighted by molar-refractivity contribution is 5.93. The fraction of sp³-hybridized carbons (Fsp3) is 0.143. The third kappa shape index (κ3) is 4.82. The molecule has 0 radical (unpaired) electrons. The van der Waals surface area contributed by atoms with Crippen LogP contribution in [-0.4, -0.2) is 25.0 Å². The van der Waals surface area contributed by atoms with Gasteiger partial charge in [0, 0.05) is 49.5 Å². The molecule has 6 heteroatoms. The molecular formula is C21H21FN4O. The van der Waals surface area contributed by atoms with Crippen LogP contribution in [0.2, 0.25) is 0 Å². The number of aromatic nitrogens is 1. The van der Waals surface area contributed by atoms with Gasteiger partial charge in [-0.3, -0.25) is 9.78 Å². The number of amides is 1. The summed E-state index contributed by atoms with van der Waals surface area (Å²) < 4.78 is 13.6. The van der Waals surface area contributed by atoms with E-state index in [1.807, 2.05) is 43.3 Å². The second kappa shape index (κ2) is 8.31. The molecule has 5 nitrogen and oxygen atoms in total. The Kier molecular flexibility index (Phi) is 5.66. The van der Waals surface area contributed by atoms with E-state index in [0.717, 1.165) is 17.1 Å². The molecule has 0 aliphatic carbocycles. The second-order valence-electron chi connectivity index (χ2n) is 6.27. The average Bonchev–Trinajstić information content (AvgIpc) is 2.68. The summed E-state index contributed by atoms with van der Waals surface area (Å²) in [4.78, 5) is 18.4. The zero-order chi connectivity index (χ0) is 19.2. The summed E-state index contributed by atoms with van der Waals surface area (Å²) in [5.74, 6) is -0.702. The number of benzene rings is 2. The van der Waals surface area contributed by atoms with Gasteiger partial charge in [0.2, 0.25) is 0 Å². The van der Waals surface area contributed by atoms with Gasteiger partial charge in [-0.15, -0.1) is 0 Å². The fourth-order valence-electron chi connectivity index (χ4n) is 2.55.